The summed E-state index contributed by atoms with van der Waals surface area (Å²) in [5.41, 5.74) is 0. The van der Waals surface area contributed by atoms with Gasteiger partial charge in [-0.2, -0.15) is 0 Å². The van der Waals surface area contributed by atoms with E-state index in [1.807, 2.05) is 30.3 Å². The Kier molecular flexibility index (Phi) is 6.01. The van der Waals surface area contributed by atoms with Crippen LogP contribution in [-0.4, -0.2) is 36.5 Å². The first-order valence-corrected chi connectivity index (χ1v) is 7.97. The fraction of sp³-hybridized carbons (Fsp3) is 0.600. The first-order valence-electron chi connectivity index (χ1n) is 6.84. The highest BCUT2D eigenvalue weighted by atomic mass is 79.9. The van der Waals surface area contributed by atoms with E-state index in [0.717, 1.165) is 30.1 Å². The number of rotatable bonds is 6. The second-order valence-electron chi connectivity index (χ2n) is 4.95. The Labute approximate surface area is 118 Å². The van der Waals surface area contributed by atoms with Gasteiger partial charge in [-0.05, 0) is 43.9 Å². The number of piperidine rings is 1. The highest BCUT2D eigenvalue weighted by Crippen LogP contribution is 2.20. The summed E-state index contributed by atoms with van der Waals surface area (Å²) in [6.45, 7) is 4.32. The van der Waals surface area contributed by atoms with Crippen LogP contribution in [0.4, 0.5) is 0 Å². The lowest BCUT2D eigenvalue weighted by atomic mass is 9.96. The van der Waals surface area contributed by atoms with Crippen LogP contribution >= 0.6 is 15.9 Å². The summed E-state index contributed by atoms with van der Waals surface area (Å²) < 4.78 is 5.75. The maximum absolute atomic E-state index is 5.75. The normalized spacial score (nSPS) is 20.8. The van der Waals surface area contributed by atoms with E-state index >= 15 is 0 Å². The average Bonchev–Trinajstić information content (AvgIpc) is 2.41. The van der Waals surface area contributed by atoms with Gasteiger partial charge in [0.2, 0.25) is 0 Å². The Hall–Kier alpha value is -0.540. The molecule has 0 aromatic heterocycles. The largest absolute Gasteiger partial charge is 0.492 e. The minimum atomic E-state index is 0.797. The number of ether oxygens (including phenoxy) is 1. The van der Waals surface area contributed by atoms with Crippen molar-refractivity contribution in [2.45, 2.75) is 19.3 Å². The smallest absolute Gasteiger partial charge is 0.119 e. The molecule has 0 saturated carbocycles. The van der Waals surface area contributed by atoms with Gasteiger partial charge < -0.3 is 4.74 Å². The standard InChI is InChI=1S/C15H22BrNO/c16-9-8-14-5-4-10-17(13-14)11-12-18-15-6-2-1-3-7-15/h1-3,6-7,14H,4-5,8-13H2. The zero-order valence-electron chi connectivity index (χ0n) is 10.9. The monoisotopic (exact) mass is 311 g/mol. The van der Waals surface area contributed by atoms with Gasteiger partial charge >= 0.3 is 0 Å². The predicted octanol–water partition coefficient (Wildman–Crippen LogP) is 3.56. The molecule has 1 aliphatic rings. The van der Waals surface area contributed by atoms with Gasteiger partial charge in [-0.25, -0.2) is 0 Å². The summed E-state index contributed by atoms with van der Waals surface area (Å²) in [5, 5.41) is 1.13. The Balaban J connectivity index is 1.67. The van der Waals surface area contributed by atoms with Crippen LogP contribution < -0.4 is 4.74 Å². The third-order valence-electron chi connectivity index (χ3n) is 3.54. The fourth-order valence-electron chi connectivity index (χ4n) is 2.55. The maximum atomic E-state index is 5.75. The number of halogens is 1. The molecular weight excluding hydrogens is 290 g/mol. The van der Waals surface area contributed by atoms with Gasteiger partial charge in [0.25, 0.3) is 0 Å². The van der Waals surface area contributed by atoms with Crippen LogP contribution in [0.25, 0.3) is 0 Å². The van der Waals surface area contributed by atoms with Crippen LogP contribution in [0.5, 0.6) is 5.75 Å². The summed E-state index contributed by atoms with van der Waals surface area (Å²) in [5.74, 6) is 1.85. The van der Waals surface area contributed by atoms with Crippen LogP contribution in [0.3, 0.4) is 0 Å². The third-order valence-corrected chi connectivity index (χ3v) is 4.00. The van der Waals surface area contributed by atoms with Crippen LogP contribution in [0.15, 0.2) is 30.3 Å². The van der Waals surface area contributed by atoms with Crippen LogP contribution in [0.1, 0.15) is 19.3 Å². The number of hydrogen-bond donors (Lipinski definition) is 0. The molecule has 100 valence electrons. The van der Waals surface area contributed by atoms with Crippen molar-refractivity contribution in [1.82, 2.24) is 4.90 Å². The van der Waals surface area contributed by atoms with Crippen molar-refractivity contribution in [1.29, 1.82) is 0 Å². The number of likely N-dealkylation sites (tertiary alicyclic amines) is 1. The first kappa shape index (κ1) is 13.9. The molecule has 1 saturated heterocycles. The van der Waals surface area contributed by atoms with Crippen molar-refractivity contribution < 1.29 is 4.74 Å². The molecule has 3 heteroatoms. The molecule has 2 rings (SSSR count). The van der Waals surface area contributed by atoms with E-state index in [0.29, 0.717) is 0 Å². The second-order valence-corrected chi connectivity index (χ2v) is 5.74. The lowest BCUT2D eigenvalue weighted by Crippen LogP contribution is -2.38. The topological polar surface area (TPSA) is 12.5 Å². The lowest BCUT2D eigenvalue weighted by molar-refractivity contribution is 0.145. The van der Waals surface area contributed by atoms with Crippen LogP contribution in [0.2, 0.25) is 0 Å². The summed E-state index contributed by atoms with van der Waals surface area (Å²) in [7, 11) is 0. The molecule has 1 aromatic carbocycles. The van der Waals surface area contributed by atoms with E-state index in [-0.39, 0.29) is 0 Å². The Morgan fingerprint density at radius 3 is 2.89 bits per heavy atom. The van der Waals surface area contributed by atoms with E-state index in [1.54, 1.807) is 0 Å². The van der Waals surface area contributed by atoms with Crippen molar-refractivity contribution in [3.63, 3.8) is 0 Å². The lowest BCUT2D eigenvalue weighted by Gasteiger charge is -2.32. The Morgan fingerprint density at radius 1 is 1.28 bits per heavy atom. The zero-order chi connectivity index (χ0) is 12.6. The van der Waals surface area contributed by atoms with Gasteiger partial charge in [0.15, 0.2) is 0 Å². The quantitative estimate of drug-likeness (QED) is 0.745. The van der Waals surface area contributed by atoms with E-state index in [4.69, 9.17) is 4.74 Å². The zero-order valence-corrected chi connectivity index (χ0v) is 12.4. The van der Waals surface area contributed by atoms with Crippen molar-refractivity contribution in [2.24, 2.45) is 5.92 Å². The highest BCUT2D eigenvalue weighted by Gasteiger charge is 2.18. The summed E-state index contributed by atoms with van der Waals surface area (Å²) in [6.07, 6.45) is 4.03. The molecule has 0 aliphatic carbocycles. The van der Waals surface area contributed by atoms with Crippen molar-refractivity contribution in [3.8, 4) is 5.75 Å². The summed E-state index contributed by atoms with van der Waals surface area (Å²) in [6, 6.07) is 10.1. The molecule has 0 N–H and O–H groups in total. The van der Waals surface area contributed by atoms with Crippen LogP contribution in [0, 0.1) is 5.92 Å². The van der Waals surface area contributed by atoms with E-state index in [2.05, 4.69) is 20.8 Å². The summed E-state index contributed by atoms with van der Waals surface area (Å²) >= 11 is 3.54. The number of nitrogens with zero attached hydrogens (tertiary/aromatic N) is 1. The SMILES string of the molecule is BrCCC1CCCN(CCOc2ccccc2)C1. The second kappa shape index (κ2) is 7.80. The third kappa shape index (κ3) is 4.62. The molecule has 1 heterocycles. The molecule has 1 aromatic rings. The highest BCUT2D eigenvalue weighted by molar-refractivity contribution is 9.09. The molecule has 1 atom stereocenters. The van der Waals surface area contributed by atoms with Gasteiger partial charge in [-0.3, -0.25) is 4.90 Å². The molecule has 0 bridgehead atoms. The Morgan fingerprint density at radius 2 is 2.11 bits per heavy atom. The van der Waals surface area contributed by atoms with Gasteiger partial charge in [0.05, 0.1) is 0 Å². The van der Waals surface area contributed by atoms with Gasteiger partial charge in [0.1, 0.15) is 12.4 Å². The molecule has 0 spiro atoms. The maximum Gasteiger partial charge on any atom is 0.119 e. The first-order chi connectivity index (χ1) is 8.88. The molecule has 0 radical (unpaired) electrons. The minimum Gasteiger partial charge on any atom is -0.492 e. The minimum absolute atomic E-state index is 0.797. The van der Waals surface area contributed by atoms with Crippen molar-refractivity contribution >= 4 is 15.9 Å². The average molecular weight is 312 g/mol. The molecule has 1 fully saturated rings. The van der Waals surface area contributed by atoms with Gasteiger partial charge in [0, 0.05) is 18.4 Å². The van der Waals surface area contributed by atoms with Gasteiger partial charge in [-0.15, -0.1) is 0 Å². The number of hydrogen-bond acceptors (Lipinski definition) is 2. The summed E-state index contributed by atoms with van der Waals surface area (Å²) in [4.78, 5) is 2.54. The molecular formula is C15H22BrNO. The van der Waals surface area contributed by atoms with E-state index < -0.39 is 0 Å². The number of alkyl halides is 1. The number of para-hydroxylation sites is 1. The van der Waals surface area contributed by atoms with Crippen LogP contribution in [-0.2, 0) is 0 Å². The molecule has 0 amide bonds. The Bertz CT molecular complexity index is 329. The fourth-order valence-corrected chi connectivity index (χ4v) is 3.20. The predicted molar refractivity (Wildman–Crippen MR) is 79.5 cm³/mol. The van der Waals surface area contributed by atoms with E-state index in [1.165, 1.54) is 32.4 Å². The van der Waals surface area contributed by atoms with Crippen molar-refractivity contribution in [2.75, 3.05) is 31.6 Å². The van der Waals surface area contributed by atoms with Crippen molar-refractivity contribution in [3.05, 3.63) is 30.3 Å². The molecule has 1 aliphatic heterocycles. The molecule has 1 unspecified atom stereocenters. The number of benzene rings is 1. The van der Waals surface area contributed by atoms with E-state index in [9.17, 15) is 0 Å². The molecule has 18 heavy (non-hydrogen) atoms. The van der Waals surface area contributed by atoms with Gasteiger partial charge in [-0.1, -0.05) is 34.1 Å². The molecule has 2 nitrogen and oxygen atoms in total.